The van der Waals surface area contributed by atoms with Gasteiger partial charge >= 0.3 is 5.97 Å². The summed E-state index contributed by atoms with van der Waals surface area (Å²) in [5.74, 6) is -6.92. The van der Waals surface area contributed by atoms with E-state index in [1.54, 1.807) is 13.8 Å². The summed E-state index contributed by atoms with van der Waals surface area (Å²) in [7, 11) is 0. The number of allylic oxidation sites excluding steroid dienone is 7. The normalized spacial score (nSPS) is 16.9. The third kappa shape index (κ3) is 11.0. The molecule has 0 aliphatic rings. The van der Waals surface area contributed by atoms with Crippen molar-refractivity contribution in [1.29, 1.82) is 0 Å². The van der Waals surface area contributed by atoms with E-state index in [1.165, 1.54) is 13.8 Å². The van der Waals surface area contributed by atoms with Gasteiger partial charge in [0.25, 0.3) is 0 Å². The van der Waals surface area contributed by atoms with Crippen molar-refractivity contribution in [2.75, 3.05) is 0 Å². The van der Waals surface area contributed by atoms with E-state index in [9.17, 15) is 22.4 Å². The molecule has 202 valence electrons. The summed E-state index contributed by atoms with van der Waals surface area (Å²) >= 11 is 0. The van der Waals surface area contributed by atoms with Crippen LogP contribution in [0.25, 0.3) is 0 Å². The fourth-order valence-electron chi connectivity index (χ4n) is 2.79. The molecule has 0 saturated heterocycles. The van der Waals surface area contributed by atoms with Gasteiger partial charge in [-0.3, -0.25) is 4.79 Å². The largest absolute Gasteiger partial charge is 0.462 e. The van der Waals surface area contributed by atoms with E-state index in [0.29, 0.717) is 18.8 Å². The Morgan fingerprint density at radius 3 is 1.77 bits per heavy atom. The molecule has 0 bridgehead atoms. The van der Waals surface area contributed by atoms with Gasteiger partial charge in [-0.25, -0.2) is 17.6 Å². The van der Waals surface area contributed by atoms with Crippen LogP contribution in [0.2, 0.25) is 0 Å². The lowest BCUT2D eigenvalue weighted by molar-refractivity contribution is -0.151. The van der Waals surface area contributed by atoms with Gasteiger partial charge in [-0.1, -0.05) is 67.5 Å². The van der Waals surface area contributed by atoms with Crippen LogP contribution in [-0.4, -0.2) is 12.1 Å². The Bertz CT molecular complexity index is 821. The summed E-state index contributed by atoms with van der Waals surface area (Å²) in [5, 5.41) is 0. The van der Waals surface area contributed by atoms with Crippen LogP contribution in [0.3, 0.4) is 0 Å². The van der Waals surface area contributed by atoms with Gasteiger partial charge in [0.2, 0.25) is 0 Å². The summed E-state index contributed by atoms with van der Waals surface area (Å²) in [6, 6.07) is 0. The highest BCUT2D eigenvalue weighted by molar-refractivity contribution is 5.75. The van der Waals surface area contributed by atoms with Gasteiger partial charge in [0.1, 0.15) is 0 Å². The van der Waals surface area contributed by atoms with E-state index < -0.39 is 46.3 Å². The molecule has 0 amide bonds. The van der Waals surface area contributed by atoms with Crippen molar-refractivity contribution in [2.24, 2.45) is 17.8 Å². The maximum atomic E-state index is 14.8. The molecule has 0 N–H and O–H groups in total. The lowest BCUT2D eigenvalue weighted by Crippen LogP contribution is -2.21. The fraction of sp³-hybridized carbons (Fsp3) is 0.621. The van der Waals surface area contributed by atoms with Crippen LogP contribution >= 0.6 is 0 Å². The maximum absolute atomic E-state index is 14.8. The first-order valence-corrected chi connectivity index (χ1v) is 12.6. The first kappa shape index (κ1) is 35.1. The molecule has 0 aromatic rings. The van der Waals surface area contributed by atoms with Crippen LogP contribution in [0, 0.1) is 17.8 Å². The molecule has 35 heavy (non-hydrogen) atoms. The zero-order valence-electron chi connectivity index (χ0n) is 23.4. The summed E-state index contributed by atoms with van der Waals surface area (Å²) in [4.78, 5) is 12.1. The topological polar surface area (TPSA) is 26.3 Å². The first-order chi connectivity index (χ1) is 16.2. The van der Waals surface area contributed by atoms with E-state index in [-0.39, 0.29) is 23.2 Å². The predicted molar refractivity (Wildman–Crippen MR) is 139 cm³/mol. The van der Waals surface area contributed by atoms with E-state index in [0.717, 1.165) is 19.8 Å². The number of ether oxygens (including phenoxy) is 1. The number of halogens is 4. The third-order valence-electron chi connectivity index (χ3n) is 6.34. The molecule has 0 aromatic carbocycles. The highest BCUT2D eigenvalue weighted by atomic mass is 19.2. The summed E-state index contributed by atoms with van der Waals surface area (Å²) in [6.45, 7) is 24.2. The molecular formula is C29H46F4O2. The Balaban J connectivity index is 0. The van der Waals surface area contributed by atoms with Gasteiger partial charge in [0.05, 0.1) is 12.0 Å². The molecule has 0 fully saturated rings. The minimum absolute atomic E-state index is 0.0428. The van der Waals surface area contributed by atoms with Gasteiger partial charge in [-0.2, -0.15) is 0 Å². The van der Waals surface area contributed by atoms with Crippen molar-refractivity contribution < 1.29 is 27.1 Å². The van der Waals surface area contributed by atoms with Crippen LogP contribution in [0.1, 0.15) is 94.9 Å². The molecule has 6 heteroatoms. The van der Waals surface area contributed by atoms with Crippen molar-refractivity contribution >= 4 is 5.97 Å². The molecule has 0 heterocycles. The average Bonchev–Trinajstić information content (AvgIpc) is 2.88. The Labute approximate surface area is 210 Å². The third-order valence-corrected chi connectivity index (χ3v) is 6.34. The van der Waals surface area contributed by atoms with E-state index in [2.05, 4.69) is 27.0 Å². The van der Waals surface area contributed by atoms with Gasteiger partial charge in [0.15, 0.2) is 23.3 Å². The molecule has 0 saturated carbocycles. The van der Waals surface area contributed by atoms with Crippen molar-refractivity contribution in [1.82, 2.24) is 0 Å². The highest BCUT2D eigenvalue weighted by Gasteiger charge is 2.26. The van der Waals surface area contributed by atoms with Crippen LogP contribution < -0.4 is 0 Å². The molecule has 0 spiro atoms. The van der Waals surface area contributed by atoms with Crippen LogP contribution in [0.15, 0.2) is 58.8 Å². The van der Waals surface area contributed by atoms with Crippen molar-refractivity contribution in [2.45, 2.75) is 101 Å². The van der Waals surface area contributed by atoms with Crippen LogP contribution in [-0.2, 0) is 9.53 Å². The number of hydrogen-bond acceptors (Lipinski definition) is 2. The van der Waals surface area contributed by atoms with Crippen molar-refractivity contribution in [3.63, 3.8) is 0 Å². The van der Waals surface area contributed by atoms with E-state index >= 15 is 0 Å². The number of carbonyl (C=O) groups excluding carboxylic acids is 1. The fourth-order valence-corrected chi connectivity index (χ4v) is 2.79. The van der Waals surface area contributed by atoms with E-state index in [1.807, 2.05) is 20.8 Å². The monoisotopic (exact) mass is 502 g/mol. The molecule has 4 unspecified atom stereocenters. The Morgan fingerprint density at radius 2 is 1.31 bits per heavy atom. The molecule has 0 aliphatic carbocycles. The lowest BCUT2D eigenvalue weighted by Gasteiger charge is -2.17. The minimum Gasteiger partial charge on any atom is -0.462 e. The van der Waals surface area contributed by atoms with Gasteiger partial charge in [0, 0.05) is 5.57 Å². The highest BCUT2D eigenvalue weighted by Crippen LogP contribution is 2.35. The van der Waals surface area contributed by atoms with Gasteiger partial charge < -0.3 is 4.74 Å². The molecule has 0 radical (unpaired) electrons. The summed E-state index contributed by atoms with van der Waals surface area (Å²) < 4.78 is 64.1. The van der Waals surface area contributed by atoms with Crippen molar-refractivity contribution in [3.05, 3.63) is 58.8 Å². The zero-order valence-corrected chi connectivity index (χ0v) is 23.4. The Kier molecular flexibility index (Phi) is 17.4. The SMILES string of the molecule is C=C(/C(C)=C(F)/C(F)=C(\C)C(C)C(=O)OC(C)CC)/C(F)=C(/F)C(=C)C(C)CCC(C)CC.CC. The summed E-state index contributed by atoms with van der Waals surface area (Å²) in [6.07, 6.45) is 2.67. The zero-order chi connectivity index (χ0) is 28.0. The second-order valence-corrected chi connectivity index (χ2v) is 8.94. The predicted octanol–water partition coefficient (Wildman–Crippen LogP) is 10.2. The van der Waals surface area contributed by atoms with Crippen molar-refractivity contribution in [3.8, 4) is 0 Å². The molecule has 4 atom stereocenters. The number of esters is 1. The number of carbonyl (C=O) groups is 1. The first-order valence-electron chi connectivity index (χ1n) is 12.6. The number of rotatable bonds is 13. The molecule has 2 nitrogen and oxygen atoms in total. The van der Waals surface area contributed by atoms with Crippen LogP contribution in [0.5, 0.6) is 0 Å². The second-order valence-electron chi connectivity index (χ2n) is 8.94. The molecular weight excluding hydrogens is 456 g/mol. The summed E-state index contributed by atoms with van der Waals surface area (Å²) in [5.41, 5.74) is -1.36. The Hall–Kier alpha value is -2.11. The quantitative estimate of drug-likeness (QED) is 0.142. The Morgan fingerprint density at radius 1 is 0.800 bits per heavy atom. The van der Waals surface area contributed by atoms with E-state index in [4.69, 9.17) is 4.74 Å². The maximum Gasteiger partial charge on any atom is 0.313 e. The standard InChI is InChI=1S/C27H40F4O2.C2H6/c1-11-15(3)13-14-16(4)18(6)23(28)24(29)19(7)20(8)25(30)26(31)21(9)22(10)27(32)33-17(5)12-2;1-2/h15-17,22H,6-7,11-14H2,1-5,8-10H3;1-2H3/b24-23-,25-20-,26-21-;. The number of hydrogen-bond donors (Lipinski definition) is 0. The smallest absolute Gasteiger partial charge is 0.313 e. The lowest BCUT2D eigenvalue weighted by atomic mass is 9.90. The molecule has 0 rings (SSSR count). The minimum atomic E-state index is -1.40. The van der Waals surface area contributed by atoms with Gasteiger partial charge in [-0.15, -0.1) is 0 Å². The van der Waals surface area contributed by atoms with Crippen LogP contribution in [0.4, 0.5) is 17.6 Å². The second kappa shape index (κ2) is 17.3. The molecule has 0 aliphatic heterocycles. The average molecular weight is 503 g/mol. The molecule has 0 aromatic heterocycles. The van der Waals surface area contributed by atoms with Gasteiger partial charge in [-0.05, 0) is 69.1 Å².